The van der Waals surface area contributed by atoms with E-state index in [0.29, 0.717) is 12.0 Å². The average Bonchev–Trinajstić information content (AvgIpc) is 2.99. The van der Waals surface area contributed by atoms with Gasteiger partial charge in [0.25, 0.3) is 0 Å². The SMILES string of the molecule is C=CCSCCN=C(N)N(C)C1CC1.I. The molecule has 0 heterocycles. The third-order valence-electron chi connectivity index (χ3n) is 2.20. The summed E-state index contributed by atoms with van der Waals surface area (Å²) < 4.78 is 0. The van der Waals surface area contributed by atoms with E-state index in [9.17, 15) is 0 Å². The van der Waals surface area contributed by atoms with E-state index in [1.54, 1.807) is 0 Å². The zero-order valence-corrected chi connectivity index (χ0v) is 12.3. The Balaban J connectivity index is 0.00000196. The van der Waals surface area contributed by atoms with Gasteiger partial charge in [0, 0.05) is 24.6 Å². The zero-order chi connectivity index (χ0) is 10.4. The Morgan fingerprint density at radius 1 is 1.67 bits per heavy atom. The van der Waals surface area contributed by atoms with Crippen LogP contribution in [0.25, 0.3) is 0 Å². The fourth-order valence-corrected chi connectivity index (χ4v) is 1.71. The molecule has 1 fully saturated rings. The van der Waals surface area contributed by atoms with Gasteiger partial charge in [-0.3, -0.25) is 4.99 Å². The van der Waals surface area contributed by atoms with Crippen molar-refractivity contribution in [2.45, 2.75) is 18.9 Å². The molecular weight excluding hydrogens is 321 g/mol. The summed E-state index contributed by atoms with van der Waals surface area (Å²) in [5, 5.41) is 0. The number of nitrogens with two attached hydrogens (primary N) is 1. The van der Waals surface area contributed by atoms with Gasteiger partial charge in [0.05, 0.1) is 6.54 Å². The minimum atomic E-state index is 0. The van der Waals surface area contributed by atoms with Crippen LogP contribution in [-0.4, -0.2) is 42.0 Å². The number of rotatable bonds is 6. The van der Waals surface area contributed by atoms with Crippen LogP contribution >= 0.6 is 35.7 Å². The molecule has 0 amide bonds. The summed E-state index contributed by atoms with van der Waals surface area (Å²) in [6.07, 6.45) is 4.43. The van der Waals surface area contributed by atoms with E-state index in [0.717, 1.165) is 18.1 Å². The number of nitrogens with zero attached hydrogens (tertiary/aromatic N) is 2. The zero-order valence-electron chi connectivity index (χ0n) is 9.19. The molecule has 1 saturated carbocycles. The number of hydrogen-bond donors (Lipinski definition) is 1. The Morgan fingerprint density at radius 3 is 2.87 bits per heavy atom. The van der Waals surface area contributed by atoms with E-state index in [1.165, 1.54) is 12.8 Å². The lowest BCUT2D eigenvalue weighted by molar-refractivity contribution is 0.488. The van der Waals surface area contributed by atoms with E-state index in [2.05, 4.69) is 16.5 Å². The first-order chi connectivity index (χ1) is 6.75. The molecular formula is C10H20IN3S. The lowest BCUT2D eigenvalue weighted by Crippen LogP contribution is -2.35. The molecule has 5 heteroatoms. The smallest absolute Gasteiger partial charge is 0.191 e. The van der Waals surface area contributed by atoms with Crippen LogP contribution in [0.4, 0.5) is 0 Å². The maximum absolute atomic E-state index is 5.82. The number of halogens is 1. The molecule has 1 aliphatic carbocycles. The molecule has 0 bridgehead atoms. The van der Waals surface area contributed by atoms with Crippen LogP contribution in [0.15, 0.2) is 17.6 Å². The minimum absolute atomic E-state index is 0. The summed E-state index contributed by atoms with van der Waals surface area (Å²) in [4.78, 5) is 6.40. The third kappa shape index (κ3) is 6.29. The van der Waals surface area contributed by atoms with Gasteiger partial charge in [-0.1, -0.05) is 6.08 Å². The highest BCUT2D eigenvalue weighted by Gasteiger charge is 2.27. The Bertz CT molecular complexity index is 217. The molecule has 0 saturated heterocycles. The second kappa shape index (κ2) is 8.27. The average molecular weight is 341 g/mol. The summed E-state index contributed by atoms with van der Waals surface area (Å²) in [6, 6.07) is 0.652. The van der Waals surface area contributed by atoms with E-state index in [-0.39, 0.29) is 24.0 Å². The van der Waals surface area contributed by atoms with Crippen LogP contribution in [0.5, 0.6) is 0 Å². The molecule has 0 aromatic heterocycles. The van der Waals surface area contributed by atoms with Gasteiger partial charge in [0.1, 0.15) is 0 Å². The van der Waals surface area contributed by atoms with Crippen molar-refractivity contribution >= 4 is 41.7 Å². The number of guanidine groups is 1. The summed E-state index contributed by atoms with van der Waals surface area (Å²) in [5.41, 5.74) is 5.82. The summed E-state index contributed by atoms with van der Waals surface area (Å²) in [7, 11) is 2.02. The Kier molecular flexibility index (Phi) is 8.32. The van der Waals surface area contributed by atoms with E-state index in [1.807, 2.05) is 24.9 Å². The lowest BCUT2D eigenvalue weighted by atomic mass is 10.6. The lowest BCUT2D eigenvalue weighted by Gasteiger charge is -2.16. The first-order valence-electron chi connectivity index (χ1n) is 4.97. The van der Waals surface area contributed by atoms with Crippen LogP contribution in [-0.2, 0) is 0 Å². The van der Waals surface area contributed by atoms with Crippen LogP contribution in [0, 0.1) is 0 Å². The van der Waals surface area contributed by atoms with Gasteiger partial charge in [0.15, 0.2) is 5.96 Å². The van der Waals surface area contributed by atoms with E-state index in [4.69, 9.17) is 5.73 Å². The van der Waals surface area contributed by atoms with Crippen molar-refractivity contribution in [2.75, 3.05) is 25.1 Å². The molecule has 0 unspecified atom stereocenters. The van der Waals surface area contributed by atoms with Gasteiger partial charge in [-0.15, -0.1) is 30.6 Å². The van der Waals surface area contributed by atoms with Gasteiger partial charge in [-0.2, -0.15) is 11.8 Å². The summed E-state index contributed by atoms with van der Waals surface area (Å²) >= 11 is 1.83. The third-order valence-corrected chi connectivity index (χ3v) is 3.14. The van der Waals surface area contributed by atoms with Gasteiger partial charge in [0.2, 0.25) is 0 Å². The maximum Gasteiger partial charge on any atom is 0.191 e. The second-order valence-electron chi connectivity index (χ2n) is 3.45. The topological polar surface area (TPSA) is 41.6 Å². The molecule has 3 nitrogen and oxygen atoms in total. The molecule has 1 rings (SSSR count). The highest BCUT2D eigenvalue weighted by atomic mass is 127. The van der Waals surface area contributed by atoms with Crippen molar-refractivity contribution in [3.05, 3.63) is 12.7 Å². The molecule has 1 aliphatic rings. The van der Waals surface area contributed by atoms with Crippen molar-refractivity contribution in [3.63, 3.8) is 0 Å². The maximum atomic E-state index is 5.82. The molecule has 88 valence electrons. The molecule has 0 aromatic rings. The predicted molar refractivity (Wildman–Crippen MR) is 80.2 cm³/mol. The van der Waals surface area contributed by atoms with Gasteiger partial charge in [-0.05, 0) is 12.8 Å². The number of thioether (sulfide) groups is 1. The predicted octanol–water partition coefficient (Wildman–Crippen LogP) is 1.93. The van der Waals surface area contributed by atoms with Crippen LogP contribution in [0.3, 0.4) is 0 Å². The molecule has 0 atom stereocenters. The highest BCUT2D eigenvalue weighted by molar-refractivity contribution is 14.0. The van der Waals surface area contributed by atoms with Crippen LogP contribution in [0.1, 0.15) is 12.8 Å². The first-order valence-corrected chi connectivity index (χ1v) is 6.12. The summed E-state index contributed by atoms with van der Waals surface area (Å²) in [5.74, 6) is 2.70. The largest absolute Gasteiger partial charge is 0.370 e. The van der Waals surface area contributed by atoms with Crippen molar-refractivity contribution in [1.82, 2.24) is 4.90 Å². The molecule has 0 aromatic carbocycles. The van der Waals surface area contributed by atoms with Crippen molar-refractivity contribution in [2.24, 2.45) is 10.7 Å². The molecule has 15 heavy (non-hydrogen) atoms. The number of hydrogen-bond acceptors (Lipinski definition) is 2. The minimum Gasteiger partial charge on any atom is -0.370 e. The van der Waals surface area contributed by atoms with Crippen LogP contribution < -0.4 is 5.73 Å². The van der Waals surface area contributed by atoms with Crippen molar-refractivity contribution in [3.8, 4) is 0 Å². The molecule has 0 aliphatic heterocycles. The van der Waals surface area contributed by atoms with E-state index < -0.39 is 0 Å². The van der Waals surface area contributed by atoms with Gasteiger partial charge < -0.3 is 10.6 Å². The van der Waals surface area contributed by atoms with E-state index >= 15 is 0 Å². The fourth-order valence-electron chi connectivity index (χ4n) is 1.15. The van der Waals surface area contributed by atoms with Crippen molar-refractivity contribution in [1.29, 1.82) is 0 Å². The first kappa shape index (κ1) is 15.1. The molecule has 2 N–H and O–H groups in total. The quantitative estimate of drug-likeness (QED) is 0.264. The Morgan fingerprint density at radius 2 is 2.33 bits per heavy atom. The normalized spacial score (nSPS) is 15.7. The standard InChI is InChI=1S/C10H19N3S.HI/c1-3-7-14-8-6-12-10(11)13(2)9-4-5-9;/h3,9H,1,4-8H2,2H3,(H2,11,12);1H. The van der Waals surface area contributed by atoms with Gasteiger partial charge in [-0.25, -0.2) is 0 Å². The number of aliphatic imine (C=N–C) groups is 1. The van der Waals surface area contributed by atoms with Crippen LogP contribution in [0.2, 0.25) is 0 Å². The van der Waals surface area contributed by atoms with Gasteiger partial charge >= 0.3 is 0 Å². The Hall–Kier alpha value is 0.0900. The Labute approximate surface area is 114 Å². The monoisotopic (exact) mass is 341 g/mol. The molecule has 0 radical (unpaired) electrons. The summed E-state index contributed by atoms with van der Waals surface area (Å²) in [6.45, 7) is 4.47. The second-order valence-corrected chi connectivity index (χ2v) is 4.60. The highest BCUT2D eigenvalue weighted by Crippen LogP contribution is 2.24. The van der Waals surface area contributed by atoms with Crippen molar-refractivity contribution < 1.29 is 0 Å². The molecule has 0 spiro atoms. The fraction of sp³-hybridized carbons (Fsp3) is 0.700.